The van der Waals surface area contributed by atoms with Crippen LogP contribution in [0, 0.1) is 0 Å². The van der Waals surface area contributed by atoms with Crippen molar-refractivity contribution in [2.45, 2.75) is 58.2 Å². The second kappa shape index (κ2) is 10.9. The summed E-state index contributed by atoms with van der Waals surface area (Å²) in [5, 5.41) is 14.0. The standard InChI is InChI=1S/C26H31ClF3NO/c1-3-5-13-31(14-6-4-2)15-12-25(32)23-17-22-19(8-7-9-24(22)27)21-16-18(26(28,29)30)10-11-20(21)23/h7-11,16-17,25,32H,3-6,12-15H2,1-2H3. The zero-order chi connectivity index (χ0) is 23.3. The number of hydrogen-bond acceptors (Lipinski definition) is 2. The second-order valence-electron chi connectivity index (χ2n) is 8.41. The minimum absolute atomic E-state index is 0.461. The van der Waals surface area contributed by atoms with Gasteiger partial charge >= 0.3 is 6.18 Å². The second-order valence-corrected chi connectivity index (χ2v) is 8.82. The lowest BCUT2D eigenvalue weighted by Crippen LogP contribution is -2.28. The normalized spacial score (nSPS) is 13.4. The van der Waals surface area contributed by atoms with Gasteiger partial charge in [0, 0.05) is 17.0 Å². The molecule has 0 bridgehead atoms. The van der Waals surface area contributed by atoms with Crippen LogP contribution in [0.15, 0.2) is 42.5 Å². The molecule has 6 heteroatoms. The molecular formula is C26H31ClF3NO. The molecule has 0 radical (unpaired) electrons. The molecule has 0 spiro atoms. The number of halogens is 4. The highest BCUT2D eigenvalue weighted by Crippen LogP contribution is 2.39. The van der Waals surface area contributed by atoms with Crippen LogP contribution in [-0.4, -0.2) is 29.6 Å². The molecule has 3 aromatic rings. The lowest BCUT2D eigenvalue weighted by Gasteiger charge is -2.24. The third-order valence-corrected chi connectivity index (χ3v) is 6.36. The van der Waals surface area contributed by atoms with E-state index in [1.54, 1.807) is 18.2 Å². The molecule has 1 N–H and O–H groups in total. The molecule has 3 aromatic carbocycles. The Morgan fingerprint density at radius 3 is 2.19 bits per heavy atom. The van der Waals surface area contributed by atoms with Crippen molar-refractivity contribution in [1.82, 2.24) is 4.90 Å². The minimum Gasteiger partial charge on any atom is -0.388 e. The summed E-state index contributed by atoms with van der Waals surface area (Å²) >= 11 is 6.39. The summed E-state index contributed by atoms with van der Waals surface area (Å²) < 4.78 is 40.2. The first kappa shape index (κ1) is 24.8. The zero-order valence-corrected chi connectivity index (χ0v) is 19.4. The molecule has 1 atom stereocenters. The maximum Gasteiger partial charge on any atom is 0.416 e. The van der Waals surface area contributed by atoms with Gasteiger partial charge in [0.25, 0.3) is 0 Å². The van der Waals surface area contributed by atoms with Crippen LogP contribution in [0.3, 0.4) is 0 Å². The predicted molar refractivity (Wildman–Crippen MR) is 127 cm³/mol. The molecule has 0 saturated carbocycles. The van der Waals surface area contributed by atoms with Crippen LogP contribution < -0.4 is 0 Å². The predicted octanol–water partition coefficient (Wildman–Crippen LogP) is 7.99. The smallest absolute Gasteiger partial charge is 0.388 e. The SMILES string of the molecule is CCCCN(CCCC)CCC(O)c1cc2c(Cl)cccc2c2cc(C(F)(F)F)ccc12. The summed E-state index contributed by atoms with van der Waals surface area (Å²) in [6.45, 7) is 7.04. The number of rotatable bonds is 10. The van der Waals surface area contributed by atoms with E-state index >= 15 is 0 Å². The number of alkyl halides is 3. The number of hydrogen-bond donors (Lipinski definition) is 1. The average Bonchev–Trinajstić information content (AvgIpc) is 2.77. The summed E-state index contributed by atoms with van der Waals surface area (Å²) in [6, 6.07) is 10.8. The van der Waals surface area contributed by atoms with Crippen LogP contribution >= 0.6 is 11.6 Å². The molecule has 0 amide bonds. The molecule has 0 aliphatic heterocycles. The van der Waals surface area contributed by atoms with Gasteiger partial charge in [-0.15, -0.1) is 0 Å². The Bertz CT molecular complexity index is 1040. The summed E-state index contributed by atoms with van der Waals surface area (Å²) in [5.74, 6) is 0. The Morgan fingerprint density at radius 2 is 1.56 bits per heavy atom. The number of benzene rings is 3. The first-order chi connectivity index (χ1) is 15.3. The fraction of sp³-hybridized carbons (Fsp3) is 0.462. The van der Waals surface area contributed by atoms with Crippen molar-refractivity contribution in [3.63, 3.8) is 0 Å². The van der Waals surface area contributed by atoms with Crippen LogP contribution in [-0.2, 0) is 6.18 Å². The number of fused-ring (bicyclic) bond motifs is 3. The Labute approximate surface area is 193 Å². The average molecular weight is 466 g/mol. The van der Waals surface area contributed by atoms with Crippen molar-refractivity contribution in [3.05, 3.63) is 58.6 Å². The topological polar surface area (TPSA) is 23.5 Å². The van der Waals surface area contributed by atoms with Crippen molar-refractivity contribution < 1.29 is 18.3 Å². The van der Waals surface area contributed by atoms with Gasteiger partial charge in [-0.3, -0.25) is 0 Å². The van der Waals surface area contributed by atoms with Gasteiger partial charge in [-0.05, 0) is 78.3 Å². The van der Waals surface area contributed by atoms with Gasteiger partial charge in [0.2, 0.25) is 0 Å². The molecule has 32 heavy (non-hydrogen) atoms. The quantitative estimate of drug-likeness (QED) is 0.307. The third-order valence-electron chi connectivity index (χ3n) is 6.03. The van der Waals surface area contributed by atoms with Gasteiger partial charge in [-0.2, -0.15) is 13.2 Å². The van der Waals surface area contributed by atoms with E-state index in [9.17, 15) is 18.3 Å². The van der Waals surface area contributed by atoms with Gasteiger partial charge in [-0.1, -0.05) is 56.5 Å². The van der Waals surface area contributed by atoms with E-state index in [2.05, 4.69) is 18.7 Å². The molecule has 0 saturated heterocycles. The van der Waals surface area contributed by atoms with E-state index in [4.69, 9.17) is 11.6 Å². The lowest BCUT2D eigenvalue weighted by atomic mass is 9.92. The van der Waals surface area contributed by atoms with Crippen LogP contribution in [0.2, 0.25) is 5.02 Å². The van der Waals surface area contributed by atoms with Crippen molar-refractivity contribution in [2.24, 2.45) is 0 Å². The number of aliphatic hydroxyl groups is 1. The third kappa shape index (κ3) is 5.75. The van der Waals surface area contributed by atoms with E-state index in [1.165, 1.54) is 12.1 Å². The zero-order valence-electron chi connectivity index (χ0n) is 18.7. The fourth-order valence-electron chi connectivity index (χ4n) is 4.18. The van der Waals surface area contributed by atoms with Crippen LogP contribution in [0.4, 0.5) is 13.2 Å². The number of nitrogens with zero attached hydrogens (tertiary/aromatic N) is 1. The van der Waals surface area contributed by atoms with E-state index in [-0.39, 0.29) is 0 Å². The summed E-state index contributed by atoms with van der Waals surface area (Å²) in [4.78, 5) is 2.37. The minimum atomic E-state index is -4.44. The molecule has 0 aliphatic rings. The summed E-state index contributed by atoms with van der Waals surface area (Å²) in [5.41, 5.74) is -0.0801. The lowest BCUT2D eigenvalue weighted by molar-refractivity contribution is -0.137. The highest BCUT2D eigenvalue weighted by Gasteiger charge is 2.31. The molecule has 2 nitrogen and oxygen atoms in total. The molecule has 0 fully saturated rings. The van der Waals surface area contributed by atoms with Crippen LogP contribution in [0.1, 0.15) is 63.2 Å². The Kier molecular flexibility index (Phi) is 8.43. The number of aliphatic hydroxyl groups excluding tert-OH is 1. The number of unbranched alkanes of at least 4 members (excludes halogenated alkanes) is 2. The fourth-order valence-corrected chi connectivity index (χ4v) is 4.41. The molecule has 0 heterocycles. The van der Waals surface area contributed by atoms with E-state index in [0.717, 1.165) is 51.4 Å². The van der Waals surface area contributed by atoms with Crippen molar-refractivity contribution in [2.75, 3.05) is 19.6 Å². The maximum atomic E-state index is 13.4. The molecule has 174 valence electrons. The monoisotopic (exact) mass is 465 g/mol. The first-order valence-corrected chi connectivity index (χ1v) is 11.8. The van der Waals surface area contributed by atoms with Gasteiger partial charge in [0.15, 0.2) is 0 Å². The van der Waals surface area contributed by atoms with Gasteiger partial charge < -0.3 is 10.0 Å². The molecule has 0 aromatic heterocycles. The molecular weight excluding hydrogens is 435 g/mol. The van der Waals surface area contributed by atoms with Crippen molar-refractivity contribution in [3.8, 4) is 0 Å². The Morgan fingerprint density at radius 1 is 0.875 bits per heavy atom. The molecule has 1 unspecified atom stereocenters. The summed E-state index contributed by atoms with van der Waals surface area (Å²) in [6.07, 6.45) is -0.281. The highest BCUT2D eigenvalue weighted by atomic mass is 35.5. The highest BCUT2D eigenvalue weighted by molar-refractivity contribution is 6.36. The van der Waals surface area contributed by atoms with E-state index in [1.807, 2.05) is 6.07 Å². The molecule has 0 aliphatic carbocycles. The van der Waals surface area contributed by atoms with Gasteiger partial charge in [0.1, 0.15) is 0 Å². The summed E-state index contributed by atoms with van der Waals surface area (Å²) in [7, 11) is 0. The van der Waals surface area contributed by atoms with Crippen LogP contribution in [0.5, 0.6) is 0 Å². The van der Waals surface area contributed by atoms with E-state index < -0.39 is 17.8 Å². The first-order valence-electron chi connectivity index (χ1n) is 11.4. The van der Waals surface area contributed by atoms with Gasteiger partial charge in [-0.25, -0.2) is 0 Å². The van der Waals surface area contributed by atoms with Gasteiger partial charge in [0.05, 0.1) is 11.7 Å². The van der Waals surface area contributed by atoms with Crippen molar-refractivity contribution >= 4 is 33.1 Å². The Hall–Kier alpha value is -1.82. The Balaban J connectivity index is 1.99. The van der Waals surface area contributed by atoms with Crippen LogP contribution in [0.25, 0.3) is 21.5 Å². The maximum absolute atomic E-state index is 13.4. The van der Waals surface area contributed by atoms with E-state index in [0.29, 0.717) is 38.6 Å². The largest absolute Gasteiger partial charge is 0.416 e. The molecule has 3 rings (SSSR count). The van der Waals surface area contributed by atoms with Crippen molar-refractivity contribution in [1.29, 1.82) is 0 Å².